The Morgan fingerprint density at radius 2 is 1.39 bits per heavy atom. The van der Waals surface area contributed by atoms with Crippen LogP contribution in [0.2, 0.25) is 0 Å². The molecule has 1 amide bonds. The molecule has 4 rings (SSSR count). The number of halogens is 4. The van der Waals surface area contributed by atoms with E-state index in [2.05, 4.69) is 9.80 Å². The third-order valence-electron chi connectivity index (χ3n) is 6.38. The highest BCUT2D eigenvalue weighted by atomic mass is 19.4. The molecule has 5 nitrogen and oxygen atoms in total. The van der Waals surface area contributed by atoms with E-state index in [0.717, 1.165) is 11.8 Å². The molecule has 2 heterocycles. The maximum atomic E-state index is 13.1. The molecule has 9 heteroatoms. The fraction of sp³-hybridized carbons (Fsp3) is 0.458. The van der Waals surface area contributed by atoms with Crippen molar-refractivity contribution in [2.24, 2.45) is 0 Å². The summed E-state index contributed by atoms with van der Waals surface area (Å²) in [6.07, 6.45) is -3.91. The molecule has 2 aliphatic rings. The Morgan fingerprint density at radius 1 is 0.788 bits per heavy atom. The van der Waals surface area contributed by atoms with Gasteiger partial charge in [0.2, 0.25) is 5.91 Å². The van der Waals surface area contributed by atoms with E-state index in [1.165, 1.54) is 24.3 Å². The van der Waals surface area contributed by atoms with Crippen molar-refractivity contribution in [1.29, 1.82) is 0 Å². The number of alkyl halides is 3. The number of nitrogens with zero attached hydrogens (tertiary/aromatic N) is 4. The topological polar surface area (TPSA) is 30.0 Å². The zero-order valence-corrected chi connectivity index (χ0v) is 18.4. The second-order valence-corrected chi connectivity index (χ2v) is 8.47. The summed E-state index contributed by atoms with van der Waals surface area (Å²) in [4.78, 5) is 20.8. The largest absolute Gasteiger partial charge is 0.416 e. The second kappa shape index (κ2) is 9.99. The molecule has 2 fully saturated rings. The maximum absolute atomic E-state index is 13.1. The van der Waals surface area contributed by atoms with Gasteiger partial charge in [-0.2, -0.15) is 13.2 Å². The van der Waals surface area contributed by atoms with Crippen LogP contribution in [-0.2, 0) is 11.0 Å². The number of amides is 1. The van der Waals surface area contributed by atoms with E-state index in [9.17, 15) is 22.4 Å². The molecule has 2 saturated heterocycles. The van der Waals surface area contributed by atoms with Crippen LogP contribution in [0.3, 0.4) is 0 Å². The van der Waals surface area contributed by atoms with Crippen molar-refractivity contribution in [2.75, 3.05) is 68.7 Å². The number of rotatable bonds is 5. The van der Waals surface area contributed by atoms with Crippen molar-refractivity contribution in [1.82, 2.24) is 9.80 Å². The van der Waals surface area contributed by atoms with Crippen LogP contribution in [0.25, 0.3) is 0 Å². The minimum Gasteiger partial charge on any atom is -0.369 e. The fourth-order valence-electron chi connectivity index (χ4n) is 4.39. The van der Waals surface area contributed by atoms with Crippen LogP contribution in [0.1, 0.15) is 12.0 Å². The molecule has 0 bridgehead atoms. The lowest BCUT2D eigenvalue weighted by Crippen LogP contribution is -2.50. The van der Waals surface area contributed by atoms with Gasteiger partial charge in [0, 0.05) is 76.7 Å². The molecule has 0 N–H and O–H groups in total. The highest BCUT2D eigenvalue weighted by Crippen LogP contribution is 2.31. The minimum atomic E-state index is -4.34. The van der Waals surface area contributed by atoms with E-state index in [1.54, 1.807) is 18.2 Å². The summed E-state index contributed by atoms with van der Waals surface area (Å²) in [6, 6.07) is 11.8. The summed E-state index contributed by atoms with van der Waals surface area (Å²) in [6.45, 7) is 6.04. The van der Waals surface area contributed by atoms with E-state index in [-0.39, 0.29) is 11.7 Å². The quantitative estimate of drug-likeness (QED) is 0.632. The first-order valence-corrected chi connectivity index (χ1v) is 11.2. The Kier molecular flexibility index (Phi) is 7.07. The normalized spacial score (nSPS) is 18.0. The van der Waals surface area contributed by atoms with Crippen molar-refractivity contribution in [3.8, 4) is 0 Å². The average molecular weight is 465 g/mol. The monoisotopic (exact) mass is 464 g/mol. The fourth-order valence-corrected chi connectivity index (χ4v) is 4.39. The minimum absolute atomic E-state index is 0.120. The van der Waals surface area contributed by atoms with Crippen molar-refractivity contribution in [3.05, 3.63) is 59.9 Å². The molecule has 178 valence electrons. The van der Waals surface area contributed by atoms with Gasteiger partial charge < -0.3 is 14.7 Å². The van der Waals surface area contributed by atoms with E-state index in [1.807, 2.05) is 9.80 Å². The number of benzene rings is 2. The number of carbonyl (C=O) groups is 1. The Morgan fingerprint density at radius 3 is 2.03 bits per heavy atom. The van der Waals surface area contributed by atoms with Gasteiger partial charge >= 0.3 is 6.18 Å². The van der Waals surface area contributed by atoms with Crippen LogP contribution in [0, 0.1) is 5.82 Å². The van der Waals surface area contributed by atoms with Gasteiger partial charge in [0.05, 0.1) is 5.56 Å². The Bertz CT molecular complexity index is 934. The summed E-state index contributed by atoms with van der Waals surface area (Å²) in [7, 11) is 0. The van der Waals surface area contributed by atoms with Gasteiger partial charge in [-0.1, -0.05) is 6.07 Å². The van der Waals surface area contributed by atoms with Gasteiger partial charge in [-0.05, 0) is 42.5 Å². The molecule has 0 aliphatic carbocycles. The zero-order chi connectivity index (χ0) is 23.4. The third-order valence-corrected chi connectivity index (χ3v) is 6.38. The van der Waals surface area contributed by atoms with Crippen molar-refractivity contribution >= 4 is 17.3 Å². The molecule has 0 spiro atoms. The van der Waals surface area contributed by atoms with Gasteiger partial charge in [-0.25, -0.2) is 4.39 Å². The van der Waals surface area contributed by atoms with E-state index in [0.29, 0.717) is 71.0 Å². The summed E-state index contributed by atoms with van der Waals surface area (Å²) < 4.78 is 52.0. The van der Waals surface area contributed by atoms with Gasteiger partial charge in [0.1, 0.15) is 5.82 Å². The average Bonchev–Trinajstić information content (AvgIpc) is 2.83. The first-order valence-electron chi connectivity index (χ1n) is 11.2. The predicted molar refractivity (Wildman–Crippen MR) is 120 cm³/mol. The Balaban J connectivity index is 1.20. The standard InChI is InChI=1S/C24H28F4N4O/c25-20-4-6-21(7-5-20)30-14-16-32(17-15-30)23(33)8-9-29-10-12-31(13-11-29)22-3-1-2-19(18-22)24(26,27)28/h1-7,18H,8-17H2. The summed E-state index contributed by atoms with van der Waals surface area (Å²) in [5.41, 5.74) is 0.911. The summed E-state index contributed by atoms with van der Waals surface area (Å²) in [5.74, 6) is -0.141. The molecular formula is C24H28F4N4O. The second-order valence-electron chi connectivity index (χ2n) is 8.47. The number of hydrogen-bond acceptors (Lipinski definition) is 4. The van der Waals surface area contributed by atoms with E-state index in [4.69, 9.17) is 0 Å². The Labute approximate surface area is 191 Å². The summed E-state index contributed by atoms with van der Waals surface area (Å²) >= 11 is 0. The molecule has 0 radical (unpaired) electrons. The number of carbonyl (C=O) groups excluding carboxylic acids is 1. The lowest BCUT2D eigenvalue weighted by molar-refractivity contribution is -0.137. The third kappa shape index (κ3) is 5.96. The van der Waals surface area contributed by atoms with Crippen molar-refractivity contribution in [2.45, 2.75) is 12.6 Å². The van der Waals surface area contributed by atoms with Gasteiger partial charge in [-0.3, -0.25) is 9.69 Å². The van der Waals surface area contributed by atoms with Crippen LogP contribution in [0.5, 0.6) is 0 Å². The molecule has 33 heavy (non-hydrogen) atoms. The Hall–Kier alpha value is -2.81. The van der Waals surface area contributed by atoms with Crippen LogP contribution in [0.15, 0.2) is 48.5 Å². The lowest BCUT2D eigenvalue weighted by atomic mass is 10.1. The van der Waals surface area contributed by atoms with Gasteiger partial charge in [-0.15, -0.1) is 0 Å². The maximum Gasteiger partial charge on any atom is 0.416 e. The molecular weight excluding hydrogens is 436 g/mol. The first kappa shape index (κ1) is 23.4. The van der Waals surface area contributed by atoms with Crippen LogP contribution < -0.4 is 9.80 Å². The molecule has 2 aromatic rings. The SMILES string of the molecule is O=C(CCN1CCN(c2cccc(C(F)(F)F)c2)CC1)N1CCN(c2ccc(F)cc2)CC1. The molecule has 0 atom stereocenters. The molecule has 0 unspecified atom stereocenters. The van der Waals surface area contributed by atoms with E-state index >= 15 is 0 Å². The van der Waals surface area contributed by atoms with E-state index < -0.39 is 11.7 Å². The first-order chi connectivity index (χ1) is 15.8. The van der Waals surface area contributed by atoms with Gasteiger partial charge in [0.15, 0.2) is 0 Å². The predicted octanol–water partition coefficient (Wildman–Crippen LogP) is 3.71. The summed E-state index contributed by atoms with van der Waals surface area (Å²) in [5, 5.41) is 0. The number of hydrogen-bond donors (Lipinski definition) is 0. The number of anilines is 2. The molecule has 2 aromatic carbocycles. The van der Waals surface area contributed by atoms with Crippen LogP contribution in [0.4, 0.5) is 28.9 Å². The smallest absolute Gasteiger partial charge is 0.369 e. The lowest BCUT2D eigenvalue weighted by Gasteiger charge is -2.38. The zero-order valence-electron chi connectivity index (χ0n) is 18.4. The van der Waals surface area contributed by atoms with Crippen molar-refractivity contribution in [3.63, 3.8) is 0 Å². The van der Waals surface area contributed by atoms with Crippen LogP contribution >= 0.6 is 0 Å². The highest BCUT2D eigenvalue weighted by molar-refractivity contribution is 5.76. The highest BCUT2D eigenvalue weighted by Gasteiger charge is 2.31. The van der Waals surface area contributed by atoms with Gasteiger partial charge in [0.25, 0.3) is 0 Å². The molecule has 0 saturated carbocycles. The molecule has 0 aromatic heterocycles. The van der Waals surface area contributed by atoms with Crippen molar-refractivity contribution < 1.29 is 22.4 Å². The van der Waals surface area contributed by atoms with Crippen LogP contribution in [-0.4, -0.2) is 74.6 Å². The molecule has 2 aliphatic heterocycles. The number of piperazine rings is 2.